The highest BCUT2D eigenvalue weighted by Crippen LogP contribution is 2.11. The Morgan fingerprint density at radius 1 is 1.47 bits per heavy atom. The van der Waals surface area contributed by atoms with Gasteiger partial charge in [0.2, 0.25) is 5.91 Å². The van der Waals surface area contributed by atoms with Crippen molar-refractivity contribution in [2.24, 2.45) is 0 Å². The number of hydrogen-bond acceptors (Lipinski definition) is 4. The molecular weight excluding hydrogens is 244 g/mol. The number of rotatable bonds is 5. The van der Waals surface area contributed by atoms with Gasteiger partial charge in [-0.3, -0.25) is 14.6 Å². The van der Waals surface area contributed by atoms with Gasteiger partial charge in [-0.2, -0.15) is 0 Å². The van der Waals surface area contributed by atoms with Crippen LogP contribution in [0.2, 0.25) is 0 Å². The molecule has 104 valence electrons. The lowest BCUT2D eigenvalue weighted by atomic mass is 10.1. The van der Waals surface area contributed by atoms with Crippen molar-refractivity contribution >= 4 is 17.5 Å². The SMILES string of the molecule is CCCNC(=O)CN(C)C(=O)c1cc(N)cnc1C. The van der Waals surface area contributed by atoms with E-state index in [-0.39, 0.29) is 18.4 Å². The van der Waals surface area contributed by atoms with Crippen molar-refractivity contribution < 1.29 is 9.59 Å². The number of carbonyl (C=O) groups is 2. The molecule has 0 aromatic carbocycles. The van der Waals surface area contributed by atoms with Crippen LogP contribution in [0, 0.1) is 6.92 Å². The number of aryl methyl sites for hydroxylation is 1. The Kier molecular flexibility index (Phi) is 5.29. The zero-order valence-corrected chi connectivity index (χ0v) is 11.6. The Labute approximate surface area is 113 Å². The first kappa shape index (κ1) is 14.9. The Hall–Kier alpha value is -2.11. The van der Waals surface area contributed by atoms with Crippen molar-refractivity contribution in [2.75, 3.05) is 25.9 Å². The van der Waals surface area contributed by atoms with Gasteiger partial charge in [0.1, 0.15) is 0 Å². The molecule has 0 saturated carbocycles. The lowest BCUT2D eigenvalue weighted by molar-refractivity contribution is -0.121. The number of nitrogens with two attached hydrogens (primary N) is 1. The molecule has 2 amide bonds. The normalized spacial score (nSPS) is 10.1. The second-order valence-corrected chi connectivity index (χ2v) is 4.41. The molecule has 0 fully saturated rings. The first-order valence-electron chi connectivity index (χ1n) is 6.20. The fourth-order valence-electron chi connectivity index (χ4n) is 1.58. The number of hydrogen-bond donors (Lipinski definition) is 2. The minimum atomic E-state index is -0.260. The molecule has 0 atom stereocenters. The number of carbonyl (C=O) groups excluding carboxylic acids is 2. The highest BCUT2D eigenvalue weighted by molar-refractivity contribution is 5.97. The first-order valence-corrected chi connectivity index (χ1v) is 6.20. The van der Waals surface area contributed by atoms with Crippen LogP contribution >= 0.6 is 0 Å². The van der Waals surface area contributed by atoms with Crippen molar-refractivity contribution in [3.05, 3.63) is 23.5 Å². The second kappa shape index (κ2) is 6.72. The third-order valence-electron chi connectivity index (χ3n) is 2.64. The second-order valence-electron chi connectivity index (χ2n) is 4.41. The summed E-state index contributed by atoms with van der Waals surface area (Å²) in [6.07, 6.45) is 2.36. The highest BCUT2D eigenvalue weighted by atomic mass is 16.2. The van der Waals surface area contributed by atoms with E-state index in [2.05, 4.69) is 10.3 Å². The van der Waals surface area contributed by atoms with Gasteiger partial charge in [0.15, 0.2) is 0 Å². The van der Waals surface area contributed by atoms with Gasteiger partial charge in [0, 0.05) is 13.6 Å². The smallest absolute Gasteiger partial charge is 0.255 e. The number of nitrogens with zero attached hydrogens (tertiary/aromatic N) is 2. The molecule has 6 heteroatoms. The molecule has 0 aliphatic carbocycles. The maximum Gasteiger partial charge on any atom is 0.255 e. The molecule has 0 radical (unpaired) electrons. The lowest BCUT2D eigenvalue weighted by Crippen LogP contribution is -2.38. The summed E-state index contributed by atoms with van der Waals surface area (Å²) in [5.41, 5.74) is 7.07. The van der Waals surface area contributed by atoms with Gasteiger partial charge in [-0.25, -0.2) is 0 Å². The summed E-state index contributed by atoms with van der Waals surface area (Å²) >= 11 is 0. The number of anilines is 1. The molecule has 19 heavy (non-hydrogen) atoms. The van der Waals surface area contributed by atoms with Gasteiger partial charge in [-0.05, 0) is 19.4 Å². The van der Waals surface area contributed by atoms with Gasteiger partial charge in [-0.1, -0.05) is 6.92 Å². The van der Waals surface area contributed by atoms with E-state index in [1.807, 2.05) is 6.92 Å². The third kappa shape index (κ3) is 4.24. The Morgan fingerprint density at radius 2 is 2.16 bits per heavy atom. The van der Waals surface area contributed by atoms with Crippen LogP contribution in [0.4, 0.5) is 5.69 Å². The molecule has 1 heterocycles. The van der Waals surface area contributed by atoms with Gasteiger partial charge < -0.3 is 16.0 Å². The van der Waals surface area contributed by atoms with E-state index in [4.69, 9.17) is 5.73 Å². The number of pyridine rings is 1. The van der Waals surface area contributed by atoms with Gasteiger partial charge in [-0.15, -0.1) is 0 Å². The summed E-state index contributed by atoms with van der Waals surface area (Å²) in [6, 6.07) is 1.57. The van der Waals surface area contributed by atoms with Crippen LogP contribution in [-0.4, -0.2) is 41.8 Å². The van der Waals surface area contributed by atoms with E-state index in [0.717, 1.165) is 6.42 Å². The van der Waals surface area contributed by atoms with Gasteiger partial charge in [0.05, 0.1) is 29.7 Å². The molecule has 6 nitrogen and oxygen atoms in total. The fraction of sp³-hybridized carbons (Fsp3) is 0.462. The minimum absolute atomic E-state index is 0.0209. The number of likely N-dealkylation sites (N-methyl/N-ethyl adjacent to an activating group) is 1. The predicted molar refractivity (Wildman–Crippen MR) is 73.6 cm³/mol. The summed E-state index contributed by atoms with van der Waals surface area (Å²) in [4.78, 5) is 29.1. The summed E-state index contributed by atoms with van der Waals surface area (Å²) in [6.45, 7) is 4.33. The molecule has 0 unspecified atom stereocenters. The van der Waals surface area contributed by atoms with E-state index in [0.29, 0.717) is 23.5 Å². The number of nitrogens with one attached hydrogen (secondary N) is 1. The summed E-state index contributed by atoms with van der Waals surface area (Å²) in [7, 11) is 1.58. The maximum absolute atomic E-state index is 12.2. The van der Waals surface area contributed by atoms with Gasteiger partial charge >= 0.3 is 0 Å². The molecule has 0 bridgehead atoms. The third-order valence-corrected chi connectivity index (χ3v) is 2.64. The summed E-state index contributed by atoms with van der Waals surface area (Å²) in [5, 5.41) is 2.72. The number of aromatic nitrogens is 1. The Morgan fingerprint density at radius 3 is 2.79 bits per heavy atom. The molecule has 3 N–H and O–H groups in total. The average Bonchev–Trinajstić information content (AvgIpc) is 2.38. The average molecular weight is 264 g/mol. The van der Waals surface area contributed by atoms with Crippen molar-refractivity contribution in [1.82, 2.24) is 15.2 Å². The molecule has 0 spiro atoms. The molecule has 0 saturated heterocycles. The van der Waals surface area contributed by atoms with Crippen LogP contribution in [-0.2, 0) is 4.79 Å². The molecule has 1 rings (SSSR count). The van der Waals surface area contributed by atoms with Gasteiger partial charge in [0.25, 0.3) is 5.91 Å². The monoisotopic (exact) mass is 264 g/mol. The van der Waals surface area contributed by atoms with Crippen LogP contribution < -0.4 is 11.1 Å². The van der Waals surface area contributed by atoms with E-state index >= 15 is 0 Å². The van der Waals surface area contributed by atoms with Crippen LogP contribution in [0.25, 0.3) is 0 Å². The Balaban J connectivity index is 2.71. The minimum Gasteiger partial charge on any atom is -0.397 e. The van der Waals surface area contributed by atoms with Crippen molar-refractivity contribution in [3.63, 3.8) is 0 Å². The quantitative estimate of drug-likeness (QED) is 0.813. The molecule has 0 aliphatic heterocycles. The zero-order valence-electron chi connectivity index (χ0n) is 11.6. The molecule has 1 aromatic heterocycles. The van der Waals surface area contributed by atoms with Crippen molar-refractivity contribution in [3.8, 4) is 0 Å². The van der Waals surface area contributed by atoms with Crippen LogP contribution in [0.3, 0.4) is 0 Å². The van der Waals surface area contributed by atoms with E-state index in [1.165, 1.54) is 11.1 Å². The van der Waals surface area contributed by atoms with Crippen LogP contribution in [0.1, 0.15) is 29.4 Å². The maximum atomic E-state index is 12.2. The summed E-state index contributed by atoms with van der Waals surface area (Å²) in [5.74, 6) is -0.434. The van der Waals surface area contributed by atoms with E-state index in [1.54, 1.807) is 20.0 Å². The lowest BCUT2D eigenvalue weighted by Gasteiger charge is -2.17. The van der Waals surface area contributed by atoms with Crippen molar-refractivity contribution in [2.45, 2.75) is 20.3 Å². The van der Waals surface area contributed by atoms with E-state index in [9.17, 15) is 9.59 Å². The zero-order chi connectivity index (χ0) is 14.4. The molecule has 1 aromatic rings. The molecular formula is C13H20N4O2. The first-order chi connectivity index (χ1) is 8.95. The topological polar surface area (TPSA) is 88.3 Å². The van der Waals surface area contributed by atoms with E-state index < -0.39 is 0 Å². The molecule has 0 aliphatic rings. The number of nitrogen functional groups attached to an aromatic ring is 1. The summed E-state index contributed by atoms with van der Waals surface area (Å²) < 4.78 is 0. The van der Waals surface area contributed by atoms with Crippen molar-refractivity contribution in [1.29, 1.82) is 0 Å². The highest BCUT2D eigenvalue weighted by Gasteiger charge is 2.17. The number of amides is 2. The fourth-order valence-corrected chi connectivity index (χ4v) is 1.58. The van der Waals surface area contributed by atoms with Crippen LogP contribution in [0.5, 0.6) is 0 Å². The standard InChI is InChI=1S/C13H20N4O2/c1-4-5-15-12(18)8-17(3)13(19)11-6-10(14)7-16-9(11)2/h6-7H,4-5,8,14H2,1-3H3,(H,15,18). The van der Waals surface area contributed by atoms with Crippen LogP contribution in [0.15, 0.2) is 12.3 Å². The largest absolute Gasteiger partial charge is 0.397 e. The Bertz CT molecular complexity index is 474. The predicted octanol–water partition coefficient (Wildman–Crippen LogP) is 0.570.